The maximum atomic E-state index is 12.1. The van der Waals surface area contributed by atoms with Gasteiger partial charge in [0.15, 0.2) is 0 Å². The summed E-state index contributed by atoms with van der Waals surface area (Å²) in [5.74, 6) is 1.03. The van der Waals surface area contributed by atoms with E-state index in [0.717, 1.165) is 28.4 Å². The molecule has 7 heteroatoms. The number of nitrogens with zero attached hydrogens (tertiary/aromatic N) is 2. The molecule has 0 radical (unpaired) electrons. The van der Waals surface area contributed by atoms with Crippen molar-refractivity contribution in [2.75, 3.05) is 5.75 Å². The van der Waals surface area contributed by atoms with E-state index in [4.69, 9.17) is 23.2 Å². The molecule has 0 fully saturated rings. The molecule has 30 heavy (non-hydrogen) atoms. The molecular weight excluding hydrogens is 437 g/mol. The number of benzene rings is 2. The molecule has 3 rings (SSSR count). The Labute approximate surface area is 191 Å². The van der Waals surface area contributed by atoms with Crippen LogP contribution in [0.4, 0.5) is 0 Å². The molecule has 1 aromatic heterocycles. The summed E-state index contributed by atoms with van der Waals surface area (Å²) in [5, 5.41) is 5.29. The van der Waals surface area contributed by atoms with Crippen LogP contribution in [-0.4, -0.2) is 22.4 Å². The van der Waals surface area contributed by atoms with Crippen molar-refractivity contribution in [1.29, 1.82) is 0 Å². The van der Waals surface area contributed by atoms with Crippen molar-refractivity contribution in [1.82, 2.24) is 9.99 Å². The highest BCUT2D eigenvalue weighted by Crippen LogP contribution is 2.28. The van der Waals surface area contributed by atoms with Gasteiger partial charge in [-0.2, -0.15) is 5.10 Å². The standard InChI is InChI=1S/C23H23Cl2N3OS/c1-15-6-4-5-7-18(15)13-30-14-23(29)27-26-12-19-10-16(2)28(17(19)3)22-9-8-20(24)11-21(22)25/h4-12H,13-14H2,1-3H3,(H,27,29)/b26-12-. The summed E-state index contributed by atoms with van der Waals surface area (Å²) in [6, 6.07) is 15.6. The van der Waals surface area contributed by atoms with Gasteiger partial charge in [0.25, 0.3) is 0 Å². The molecule has 2 aromatic carbocycles. The third kappa shape index (κ3) is 5.48. The summed E-state index contributed by atoms with van der Waals surface area (Å²) in [4.78, 5) is 12.1. The lowest BCUT2D eigenvalue weighted by Crippen LogP contribution is -2.19. The number of carbonyl (C=O) groups excluding carboxylic acids is 1. The van der Waals surface area contributed by atoms with Crippen LogP contribution in [0.15, 0.2) is 53.6 Å². The van der Waals surface area contributed by atoms with Gasteiger partial charge in [-0.3, -0.25) is 4.79 Å². The van der Waals surface area contributed by atoms with E-state index in [-0.39, 0.29) is 5.91 Å². The van der Waals surface area contributed by atoms with Crippen molar-refractivity contribution in [3.05, 3.63) is 86.7 Å². The number of amides is 1. The molecule has 0 atom stereocenters. The van der Waals surface area contributed by atoms with Gasteiger partial charge in [-0.25, -0.2) is 5.43 Å². The second-order valence-electron chi connectivity index (χ2n) is 6.97. The van der Waals surface area contributed by atoms with E-state index in [1.54, 1.807) is 24.0 Å². The van der Waals surface area contributed by atoms with E-state index >= 15 is 0 Å². The van der Waals surface area contributed by atoms with E-state index in [9.17, 15) is 4.79 Å². The molecule has 0 aliphatic carbocycles. The maximum Gasteiger partial charge on any atom is 0.250 e. The van der Waals surface area contributed by atoms with Crippen molar-refractivity contribution >= 4 is 47.1 Å². The number of hydrazone groups is 1. The number of thioether (sulfide) groups is 1. The van der Waals surface area contributed by atoms with Crippen molar-refractivity contribution in [2.24, 2.45) is 5.10 Å². The van der Waals surface area contributed by atoms with Gasteiger partial charge in [0.2, 0.25) is 5.91 Å². The highest BCUT2D eigenvalue weighted by molar-refractivity contribution is 7.99. The van der Waals surface area contributed by atoms with Gasteiger partial charge in [-0.1, -0.05) is 47.5 Å². The lowest BCUT2D eigenvalue weighted by molar-refractivity contribution is -0.118. The Kier molecular flexibility index (Phi) is 7.64. The molecule has 1 amide bonds. The number of aryl methyl sites for hydroxylation is 2. The number of carbonyl (C=O) groups is 1. The number of aromatic nitrogens is 1. The molecule has 1 heterocycles. The Morgan fingerprint density at radius 1 is 1.13 bits per heavy atom. The molecule has 0 spiro atoms. The van der Waals surface area contributed by atoms with E-state index in [0.29, 0.717) is 15.8 Å². The van der Waals surface area contributed by atoms with Gasteiger partial charge in [0.1, 0.15) is 0 Å². The molecule has 3 aromatic rings. The van der Waals surface area contributed by atoms with E-state index in [1.165, 1.54) is 11.1 Å². The average molecular weight is 460 g/mol. The zero-order valence-corrected chi connectivity index (χ0v) is 19.4. The molecule has 0 saturated heterocycles. The second kappa shape index (κ2) is 10.2. The van der Waals surface area contributed by atoms with Crippen molar-refractivity contribution < 1.29 is 4.79 Å². The van der Waals surface area contributed by atoms with Crippen LogP contribution in [0, 0.1) is 20.8 Å². The third-order valence-corrected chi connectivity index (χ3v) is 6.29. The minimum absolute atomic E-state index is 0.126. The van der Waals surface area contributed by atoms with Gasteiger partial charge in [-0.05, 0) is 56.2 Å². The highest BCUT2D eigenvalue weighted by atomic mass is 35.5. The Morgan fingerprint density at radius 3 is 2.63 bits per heavy atom. The van der Waals surface area contributed by atoms with Crippen LogP contribution in [0.5, 0.6) is 0 Å². The predicted octanol–water partition coefficient (Wildman–Crippen LogP) is 6.09. The van der Waals surface area contributed by atoms with Crippen LogP contribution in [0.25, 0.3) is 5.69 Å². The van der Waals surface area contributed by atoms with Crippen LogP contribution in [0.2, 0.25) is 10.0 Å². The van der Waals surface area contributed by atoms with Gasteiger partial charge in [0, 0.05) is 27.7 Å². The van der Waals surface area contributed by atoms with Gasteiger partial charge < -0.3 is 4.57 Å². The number of hydrogen-bond acceptors (Lipinski definition) is 3. The summed E-state index contributed by atoms with van der Waals surface area (Å²) in [7, 11) is 0. The Hall–Kier alpha value is -2.21. The molecule has 156 valence electrons. The summed E-state index contributed by atoms with van der Waals surface area (Å²) in [6.45, 7) is 6.06. The van der Waals surface area contributed by atoms with Crippen molar-refractivity contribution in [2.45, 2.75) is 26.5 Å². The minimum atomic E-state index is -0.126. The van der Waals surface area contributed by atoms with Gasteiger partial charge in [-0.15, -0.1) is 11.8 Å². The predicted molar refractivity (Wildman–Crippen MR) is 128 cm³/mol. The van der Waals surface area contributed by atoms with E-state index in [1.807, 2.05) is 48.7 Å². The molecular formula is C23H23Cl2N3OS. The van der Waals surface area contributed by atoms with Crippen LogP contribution in [0.3, 0.4) is 0 Å². The van der Waals surface area contributed by atoms with Crippen molar-refractivity contribution in [3.8, 4) is 5.69 Å². The fourth-order valence-corrected chi connectivity index (χ4v) is 4.57. The topological polar surface area (TPSA) is 46.4 Å². The van der Waals surface area contributed by atoms with Gasteiger partial charge in [0.05, 0.1) is 22.7 Å². The zero-order valence-electron chi connectivity index (χ0n) is 17.1. The van der Waals surface area contributed by atoms with Crippen LogP contribution in [0.1, 0.15) is 28.1 Å². The average Bonchev–Trinajstić information content (AvgIpc) is 2.97. The normalized spacial score (nSPS) is 11.2. The molecule has 0 aliphatic heterocycles. The lowest BCUT2D eigenvalue weighted by atomic mass is 10.1. The summed E-state index contributed by atoms with van der Waals surface area (Å²) in [6.07, 6.45) is 1.66. The van der Waals surface area contributed by atoms with E-state index < -0.39 is 0 Å². The summed E-state index contributed by atoms with van der Waals surface area (Å²) >= 11 is 13.9. The number of nitrogens with one attached hydrogen (secondary N) is 1. The number of hydrogen-bond donors (Lipinski definition) is 1. The fourth-order valence-electron chi connectivity index (χ4n) is 3.18. The summed E-state index contributed by atoms with van der Waals surface area (Å²) < 4.78 is 2.04. The molecule has 0 aliphatic rings. The van der Waals surface area contributed by atoms with Crippen LogP contribution in [-0.2, 0) is 10.5 Å². The second-order valence-corrected chi connectivity index (χ2v) is 8.80. The molecule has 0 unspecified atom stereocenters. The summed E-state index contributed by atoms with van der Waals surface area (Å²) in [5.41, 5.74) is 8.83. The Morgan fingerprint density at radius 2 is 1.90 bits per heavy atom. The SMILES string of the molecule is Cc1ccccc1CSCC(=O)N/N=C\c1cc(C)n(-c2ccc(Cl)cc2Cl)c1C. The number of halogens is 2. The Balaban J connectivity index is 1.60. The molecule has 1 N–H and O–H groups in total. The minimum Gasteiger partial charge on any atom is -0.316 e. The lowest BCUT2D eigenvalue weighted by Gasteiger charge is -2.11. The smallest absolute Gasteiger partial charge is 0.250 e. The fraction of sp³-hybridized carbons (Fsp3) is 0.217. The van der Waals surface area contributed by atoms with Crippen LogP contribution < -0.4 is 5.43 Å². The first-order chi connectivity index (χ1) is 14.4. The van der Waals surface area contributed by atoms with E-state index in [2.05, 4.69) is 29.6 Å². The molecule has 4 nitrogen and oxygen atoms in total. The first kappa shape index (κ1) is 22.5. The molecule has 0 bridgehead atoms. The monoisotopic (exact) mass is 459 g/mol. The molecule has 0 saturated carbocycles. The zero-order chi connectivity index (χ0) is 21.7. The first-order valence-electron chi connectivity index (χ1n) is 9.45. The maximum absolute atomic E-state index is 12.1. The quantitative estimate of drug-likeness (QED) is 0.343. The highest BCUT2D eigenvalue weighted by Gasteiger charge is 2.12. The van der Waals surface area contributed by atoms with Gasteiger partial charge >= 0.3 is 0 Å². The Bertz CT molecular complexity index is 1090. The third-order valence-electron chi connectivity index (χ3n) is 4.77. The van der Waals surface area contributed by atoms with Crippen molar-refractivity contribution in [3.63, 3.8) is 0 Å². The largest absolute Gasteiger partial charge is 0.316 e. The number of rotatable bonds is 7. The van der Waals surface area contributed by atoms with Crippen LogP contribution >= 0.6 is 35.0 Å². The first-order valence-corrected chi connectivity index (χ1v) is 11.4.